The first-order valence-corrected chi connectivity index (χ1v) is 3.59. The van der Waals surface area contributed by atoms with Gasteiger partial charge in [0.2, 0.25) is 0 Å². The summed E-state index contributed by atoms with van der Waals surface area (Å²) in [7, 11) is 0. The standard InChI is InChI=1S/C7H10O3/c8-4-1-2-5-6(3-4)7(5,9)10/h5-6,9-10H,1-3H2. The SMILES string of the molecule is O=C1CCC2C(C1)C2(O)O. The molecule has 2 N–H and O–H groups in total. The summed E-state index contributed by atoms with van der Waals surface area (Å²) in [6.07, 6.45) is 1.57. The molecule has 2 aliphatic rings. The summed E-state index contributed by atoms with van der Waals surface area (Å²) in [5.41, 5.74) is 0. The topological polar surface area (TPSA) is 57.5 Å². The van der Waals surface area contributed by atoms with Gasteiger partial charge in [-0.1, -0.05) is 0 Å². The third kappa shape index (κ3) is 0.646. The van der Waals surface area contributed by atoms with Crippen molar-refractivity contribution in [3.8, 4) is 0 Å². The Labute approximate surface area is 58.7 Å². The lowest BCUT2D eigenvalue weighted by Crippen LogP contribution is -2.10. The van der Waals surface area contributed by atoms with Crippen LogP contribution in [0.4, 0.5) is 0 Å². The summed E-state index contributed by atoms with van der Waals surface area (Å²) in [5.74, 6) is -1.48. The molecule has 0 aromatic carbocycles. The molecule has 2 aliphatic carbocycles. The van der Waals surface area contributed by atoms with Gasteiger partial charge in [-0.3, -0.25) is 4.79 Å². The Hall–Kier alpha value is -0.410. The maximum absolute atomic E-state index is 10.8. The van der Waals surface area contributed by atoms with Gasteiger partial charge in [0.25, 0.3) is 0 Å². The van der Waals surface area contributed by atoms with Crippen LogP contribution in [0.1, 0.15) is 19.3 Å². The van der Waals surface area contributed by atoms with Crippen molar-refractivity contribution in [2.45, 2.75) is 25.0 Å². The molecule has 0 bridgehead atoms. The van der Waals surface area contributed by atoms with Crippen LogP contribution in [-0.2, 0) is 4.79 Å². The first kappa shape index (κ1) is 6.31. The summed E-state index contributed by atoms with van der Waals surface area (Å²) in [6, 6.07) is 0. The number of rotatable bonds is 0. The predicted molar refractivity (Wildman–Crippen MR) is 33.0 cm³/mol. The quantitative estimate of drug-likeness (QED) is 0.455. The second kappa shape index (κ2) is 1.60. The number of fused-ring (bicyclic) bond motifs is 1. The van der Waals surface area contributed by atoms with E-state index in [0.717, 1.165) is 0 Å². The molecule has 0 spiro atoms. The summed E-state index contributed by atoms with van der Waals surface area (Å²) in [4.78, 5) is 10.8. The molecule has 0 radical (unpaired) electrons. The summed E-state index contributed by atoms with van der Waals surface area (Å²) < 4.78 is 0. The predicted octanol–water partition coefficient (Wildman–Crippen LogP) is -0.334. The van der Waals surface area contributed by atoms with Gasteiger partial charge in [-0.2, -0.15) is 0 Å². The maximum atomic E-state index is 10.8. The third-order valence-electron chi connectivity index (χ3n) is 2.65. The van der Waals surface area contributed by atoms with E-state index < -0.39 is 5.79 Å². The van der Waals surface area contributed by atoms with Crippen molar-refractivity contribution in [1.82, 2.24) is 0 Å². The van der Waals surface area contributed by atoms with E-state index in [2.05, 4.69) is 0 Å². The smallest absolute Gasteiger partial charge is 0.169 e. The van der Waals surface area contributed by atoms with E-state index in [1.807, 2.05) is 0 Å². The molecule has 2 atom stereocenters. The Bertz CT molecular complexity index is 185. The van der Waals surface area contributed by atoms with Crippen molar-refractivity contribution in [3.05, 3.63) is 0 Å². The Balaban J connectivity index is 2.10. The molecule has 2 unspecified atom stereocenters. The van der Waals surface area contributed by atoms with Gasteiger partial charge in [0.15, 0.2) is 5.79 Å². The highest BCUT2D eigenvalue weighted by atomic mass is 16.5. The molecule has 2 fully saturated rings. The number of hydrogen-bond donors (Lipinski definition) is 2. The van der Waals surface area contributed by atoms with Gasteiger partial charge in [0.05, 0.1) is 0 Å². The monoisotopic (exact) mass is 142 g/mol. The summed E-state index contributed by atoms with van der Waals surface area (Å²) >= 11 is 0. The zero-order valence-corrected chi connectivity index (χ0v) is 5.58. The second-order valence-corrected chi connectivity index (χ2v) is 3.28. The van der Waals surface area contributed by atoms with Crippen LogP contribution >= 0.6 is 0 Å². The lowest BCUT2D eigenvalue weighted by Gasteiger charge is -2.02. The van der Waals surface area contributed by atoms with Gasteiger partial charge in [0.1, 0.15) is 5.78 Å². The van der Waals surface area contributed by atoms with Gasteiger partial charge < -0.3 is 10.2 Å². The minimum atomic E-state index is -1.49. The van der Waals surface area contributed by atoms with E-state index >= 15 is 0 Å². The molecule has 0 heterocycles. The molecular weight excluding hydrogens is 132 g/mol. The molecule has 10 heavy (non-hydrogen) atoms. The third-order valence-corrected chi connectivity index (χ3v) is 2.65. The largest absolute Gasteiger partial charge is 0.365 e. The van der Waals surface area contributed by atoms with Crippen LogP contribution in [0.5, 0.6) is 0 Å². The number of aliphatic hydroxyl groups is 2. The highest BCUT2D eigenvalue weighted by Crippen LogP contribution is 2.55. The second-order valence-electron chi connectivity index (χ2n) is 3.28. The highest BCUT2D eigenvalue weighted by molar-refractivity contribution is 5.80. The summed E-state index contributed by atoms with van der Waals surface area (Å²) in [6.45, 7) is 0. The van der Waals surface area contributed by atoms with Crippen LogP contribution in [0, 0.1) is 11.8 Å². The molecule has 0 saturated heterocycles. The van der Waals surface area contributed by atoms with Gasteiger partial charge in [-0.15, -0.1) is 0 Å². The number of ketones is 1. The molecule has 56 valence electrons. The van der Waals surface area contributed by atoms with Crippen molar-refractivity contribution < 1.29 is 15.0 Å². The Morgan fingerprint density at radius 1 is 1.40 bits per heavy atom. The first-order chi connectivity index (χ1) is 4.62. The van der Waals surface area contributed by atoms with Crippen LogP contribution in [0.2, 0.25) is 0 Å². The number of hydrogen-bond acceptors (Lipinski definition) is 3. The molecule has 0 amide bonds. The molecule has 0 aromatic rings. The Morgan fingerprint density at radius 3 is 2.60 bits per heavy atom. The van der Waals surface area contributed by atoms with Gasteiger partial charge >= 0.3 is 0 Å². The van der Waals surface area contributed by atoms with E-state index in [9.17, 15) is 4.79 Å². The fraction of sp³-hybridized carbons (Fsp3) is 0.857. The van der Waals surface area contributed by atoms with E-state index in [-0.39, 0.29) is 17.6 Å². The van der Waals surface area contributed by atoms with E-state index in [1.54, 1.807) is 0 Å². The number of Topliss-reactive ketones (excluding diaryl/α,β-unsaturated/α-hetero) is 1. The van der Waals surface area contributed by atoms with Crippen LogP contribution in [0.15, 0.2) is 0 Å². The van der Waals surface area contributed by atoms with Crippen molar-refractivity contribution in [1.29, 1.82) is 0 Å². The highest BCUT2D eigenvalue weighted by Gasteiger charge is 2.64. The van der Waals surface area contributed by atoms with Crippen LogP contribution in [0.25, 0.3) is 0 Å². The number of carbonyl (C=O) groups excluding carboxylic acids is 1. The zero-order chi connectivity index (χ0) is 7.35. The average molecular weight is 142 g/mol. The lowest BCUT2D eigenvalue weighted by atomic mass is 10.00. The van der Waals surface area contributed by atoms with Crippen molar-refractivity contribution in [2.75, 3.05) is 0 Å². The molecule has 0 aliphatic heterocycles. The van der Waals surface area contributed by atoms with Crippen molar-refractivity contribution >= 4 is 5.78 Å². The molecule has 2 saturated carbocycles. The Kier molecular flexibility index (Phi) is 1.01. The first-order valence-electron chi connectivity index (χ1n) is 3.59. The van der Waals surface area contributed by atoms with Crippen molar-refractivity contribution in [2.24, 2.45) is 11.8 Å². The van der Waals surface area contributed by atoms with Crippen LogP contribution in [-0.4, -0.2) is 21.8 Å². The minimum absolute atomic E-state index is 0.00907. The molecular formula is C7H10O3. The molecule has 0 aromatic heterocycles. The molecule has 2 rings (SSSR count). The van der Waals surface area contributed by atoms with E-state index in [4.69, 9.17) is 10.2 Å². The molecule has 3 heteroatoms. The fourth-order valence-corrected chi connectivity index (χ4v) is 1.87. The van der Waals surface area contributed by atoms with Gasteiger partial charge in [0, 0.05) is 24.7 Å². The molecule has 3 nitrogen and oxygen atoms in total. The van der Waals surface area contributed by atoms with Gasteiger partial charge in [-0.25, -0.2) is 0 Å². The van der Waals surface area contributed by atoms with E-state index in [1.165, 1.54) is 0 Å². The van der Waals surface area contributed by atoms with Crippen molar-refractivity contribution in [3.63, 3.8) is 0 Å². The Morgan fingerprint density at radius 2 is 2.10 bits per heavy atom. The number of carbonyl (C=O) groups is 1. The fourth-order valence-electron chi connectivity index (χ4n) is 1.87. The van der Waals surface area contributed by atoms with Crippen LogP contribution in [0.3, 0.4) is 0 Å². The maximum Gasteiger partial charge on any atom is 0.169 e. The van der Waals surface area contributed by atoms with Gasteiger partial charge in [-0.05, 0) is 6.42 Å². The normalized spacial score (nSPS) is 42.8. The minimum Gasteiger partial charge on any atom is -0.365 e. The van der Waals surface area contributed by atoms with Crippen LogP contribution < -0.4 is 0 Å². The lowest BCUT2D eigenvalue weighted by molar-refractivity contribution is -0.121. The zero-order valence-electron chi connectivity index (χ0n) is 5.58. The summed E-state index contributed by atoms with van der Waals surface area (Å²) in [5, 5.41) is 18.2. The average Bonchev–Trinajstić information content (AvgIpc) is 2.36. The van der Waals surface area contributed by atoms with E-state index in [0.29, 0.717) is 19.3 Å².